The number of hydrogen-bond acceptors (Lipinski definition) is 3. The molecule has 1 rings (SSSR count). The van der Waals surface area contributed by atoms with Crippen LogP contribution in [0, 0.1) is 0 Å². The van der Waals surface area contributed by atoms with Gasteiger partial charge in [0.15, 0.2) is 0 Å². The van der Waals surface area contributed by atoms with Crippen LogP contribution in [0.1, 0.15) is 12.8 Å². The third-order valence-electron chi connectivity index (χ3n) is 2.41. The molecule has 0 amide bonds. The summed E-state index contributed by atoms with van der Waals surface area (Å²) in [6, 6.07) is 0. The molecule has 0 spiro atoms. The highest BCUT2D eigenvalue weighted by Gasteiger charge is 2.30. The Morgan fingerprint density at radius 1 is 1.50 bits per heavy atom. The Balaban J connectivity index is 2.50. The number of hydrazine groups is 1. The van der Waals surface area contributed by atoms with Crippen molar-refractivity contribution >= 4 is 0 Å². The fourth-order valence-electron chi connectivity index (χ4n) is 1.36. The normalized spacial score (nSPS) is 23.6. The molecule has 0 atom stereocenters. The van der Waals surface area contributed by atoms with Gasteiger partial charge in [-0.25, -0.2) is 13.8 Å². The molecule has 0 aliphatic carbocycles. The number of hydrogen-bond donors (Lipinski definition) is 1. The number of halogens is 2. The lowest BCUT2D eigenvalue weighted by Gasteiger charge is -2.34. The quantitative estimate of drug-likeness (QED) is 0.732. The van der Waals surface area contributed by atoms with Crippen molar-refractivity contribution in [1.29, 1.82) is 0 Å². The predicted octanol–water partition coefficient (Wildman–Crippen LogP) is 1.25. The Kier molecular flexibility index (Phi) is 3.83. The van der Waals surface area contributed by atoms with E-state index in [1.807, 2.05) is 0 Å². The van der Waals surface area contributed by atoms with E-state index in [2.05, 4.69) is 11.9 Å². The van der Waals surface area contributed by atoms with Crippen LogP contribution in [0.25, 0.3) is 0 Å². The standard InChI is InChI=1S/C9H17F2N3/c1-3-13(2)14-7-5-9(10,11)4-6-12-8-14/h3,12H,1,4-8H2,2H3. The predicted molar refractivity (Wildman–Crippen MR) is 51.7 cm³/mol. The van der Waals surface area contributed by atoms with Gasteiger partial charge in [0.1, 0.15) is 0 Å². The van der Waals surface area contributed by atoms with E-state index in [4.69, 9.17) is 0 Å². The summed E-state index contributed by atoms with van der Waals surface area (Å²) >= 11 is 0. The summed E-state index contributed by atoms with van der Waals surface area (Å²) in [7, 11) is 1.80. The molecule has 14 heavy (non-hydrogen) atoms. The van der Waals surface area contributed by atoms with Crippen LogP contribution >= 0.6 is 0 Å². The zero-order valence-electron chi connectivity index (χ0n) is 8.47. The molecular weight excluding hydrogens is 188 g/mol. The second-order valence-corrected chi connectivity index (χ2v) is 3.50. The highest BCUT2D eigenvalue weighted by Crippen LogP contribution is 2.23. The molecule has 5 heteroatoms. The number of alkyl halides is 2. The molecule has 1 fully saturated rings. The SMILES string of the molecule is C=CN(C)N1CCC(F)(F)CCNC1. The summed E-state index contributed by atoms with van der Waals surface area (Å²) in [5.74, 6) is -2.55. The summed E-state index contributed by atoms with van der Waals surface area (Å²) in [6.45, 7) is 4.90. The summed E-state index contributed by atoms with van der Waals surface area (Å²) in [4.78, 5) is 0. The van der Waals surface area contributed by atoms with E-state index >= 15 is 0 Å². The van der Waals surface area contributed by atoms with Crippen molar-refractivity contribution in [3.8, 4) is 0 Å². The largest absolute Gasteiger partial charge is 0.316 e. The van der Waals surface area contributed by atoms with Gasteiger partial charge in [-0.1, -0.05) is 6.58 Å². The van der Waals surface area contributed by atoms with Crippen molar-refractivity contribution in [2.24, 2.45) is 0 Å². The maximum atomic E-state index is 13.1. The molecule has 0 aromatic carbocycles. The Labute approximate surface area is 83.3 Å². The monoisotopic (exact) mass is 205 g/mol. The Bertz CT molecular complexity index is 196. The van der Waals surface area contributed by atoms with E-state index in [0.717, 1.165) is 0 Å². The van der Waals surface area contributed by atoms with Crippen LogP contribution in [0.4, 0.5) is 8.78 Å². The molecule has 1 N–H and O–H groups in total. The van der Waals surface area contributed by atoms with Gasteiger partial charge in [-0.15, -0.1) is 0 Å². The molecule has 0 radical (unpaired) electrons. The van der Waals surface area contributed by atoms with E-state index in [-0.39, 0.29) is 12.8 Å². The topological polar surface area (TPSA) is 18.5 Å². The molecule has 1 aliphatic rings. The average Bonchev–Trinajstić information content (AvgIpc) is 2.12. The van der Waals surface area contributed by atoms with Gasteiger partial charge in [-0.05, 0) is 0 Å². The molecular formula is C9H17F2N3. The number of nitrogens with zero attached hydrogens (tertiary/aromatic N) is 2. The Morgan fingerprint density at radius 3 is 2.86 bits per heavy atom. The van der Waals surface area contributed by atoms with Crippen LogP contribution in [-0.2, 0) is 0 Å². The van der Waals surface area contributed by atoms with Crippen LogP contribution in [0.2, 0.25) is 0 Å². The minimum absolute atomic E-state index is 0.0708. The van der Waals surface area contributed by atoms with Gasteiger partial charge >= 0.3 is 0 Å². The van der Waals surface area contributed by atoms with Crippen molar-refractivity contribution in [3.05, 3.63) is 12.8 Å². The summed E-state index contributed by atoms with van der Waals surface area (Å²) in [5.41, 5.74) is 0. The minimum Gasteiger partial charge on any atom is -0.316 e. The molecule has 82 valence electrons. The highest BCUT2D eigenvalue weighted by molar-refractivity contribution is 4.74. The first-order valence-corrected chi connectivity index (χ1v) is 4.74. The average molecular weight is 205 g/mol. The fraction of sp³-hybridized carbons (Fsp3) is 0.778. The van der Waals surface area contributed by atoms with Gasteiger partial charge in [0.2, 0.25) is 0 Å². The molecule has 1 heterocycles. The Morgan fingerprint density at radius 2 is 2.21 bits per heavy atom. The zero-order chi connectivity index (χ0) is 10.6. The first-order chi connectivity index (χ1) is 6.55. The van der Waals surface area contributed by atoms with Gasteiger partial charge in [-0.2, -0.15) is 0 Å². The third kappa shape index (κ3) is 3.23. The summed E-state index contributed by atoms with van der Waals surface area (Å²) < 4.78 is 26.1. The minimum atomic E-state index is -2.55. The molecule has 3 nitrogen and oxygen atoms in total. The van der Waals surface area contributed by atoms with Crippen molar-refractivity contribution in [3.63, 3.8) is 0 Å². The number of rotatable bonds is 2. The maximum absolute atomic E-state index is 13.1. The van der Waals surface area contributed by atoms with E-state index < -0.39 is 5.92 Å². The summed E-state index contributed by atoms with van der Waals surface area (Å²) in [6.07, 6.45) is 1.45. The maximum Gasteiger partial charge on any atom is 0.250 e. The smallest absolute Gasteiger partial charge is 0.250 e. The molecule has 0 bridgehead atoms. The van der Waals surface area contributed by atoms with E-state index in [9.17, 15) is 8.78 Å². The molecule has 0 saturated carbocycles. The van der Waals surface area contributed by atoms with Crippen molar-refractivity contribution in [1.82, 2.24) is 15.3 Å². The van der Waals surface area contributed by atoms with E-state index in [1.165, 1.54) is 0 Å². The molecule has 1 saturated heterocycles. The second-order valence-electron chi connectivity index (χ2n) is 3.50. The van der Waals surface area contributed by atoms with Gasteiger partial charge in [0.05, 0.1) is 6.67 Å². The van der Waals surface area contributed by atoms with Gasteiger partial charge < -0.3 is 10.3 Å². The van der Waals surface area contributed by atoms with Gasteiger partial charge in [0.25, 0.3) is 5.92 Å². The second kappa shape index (κ2) is 4.70. The molecule has 1 aliphatic heterocycles. The fourth-order valence-corrected chi connectivity index (χ4v) is 1.36. The van der Waals surface area contributed by atoms with Crippen LogP contribution < -0.4 is 5.32 Å². The molecule has 0 aromatic heterocycles. The highest BCUT2D eigenvalue weighted by atomic mass is 19.3. The van der Waals surface area contributed by atoms with Crippen LogP contribution in [-0.4, -0.2) is 42.7 Å². The molecule has 0 unspecified atom stereocenters. The van der Waals surface area contributed by atoms with Crippen LogP contribution in [0.15, 0.2) is 12.8 Å². The zero-order valence-corrected chi connectivity index (χ0v) is 8.47. The summed E-state index contributed by atoms with van der Waals surface area (Å²) in [5, 5.41) is 6.50. The lowest BCUT2D eigenvalue weighted by atomic mass is 10.1. The van der Waals surface area contributed by atoms with E-state index in [1.54, 1.807) is 23.3 Å². The molecule has 0 aromatic rings. The van der Waals surface area contributed by atoms with E-state index in [0.29, 0.717) is 19.8 Å². The van der Waals surface area contributed by atoms with Crippen molar-refractivity contribution < 1.29 is 8.78 Å². The first kappa shape index (κ1) is 11.4. The van der Waals surface area contributed by atoms with Crippen molar-refractivity contribution in [2.75, 3.05) is 26.8 Å². The third-order valence-corrected chi connectivity index (χ3v) is 2.41. The van der Waals surface area contributed by atoms with Crippen molar-refractivity contribution in [2.45, 2.75) is 18.8 Å². The lowest BCUT2D eigenvalue weighted by molar-refractivity contribution is -0.0601. The van der Waals surface area contributed by atoms with Crippen LogP contribution in [0.5, 0.6) is 0 Å². The van der Waals surface area contributed by atoms with Crippen LogP contribution in [0.3, 0.4) is 0 Å². The lowest BCUT2D eigenvalue weighted by Crippen LogP contribution is -2.47. The van der Waals surface area contributed by atoms with Gasteiger partial charge in [0, 0.05) is 39.2 Å². The number of nitrogens with one attached hydrogen (secondary N) is 1. The Hall–Kier alpha value is -0.680. The first-order valence-electron chi connectivity index (χ1n) is 4.74. The van der Waals surface area contributed by atoms with Gasteiger partial charge in [-0.3, -0.25) is 0 Å².